The first-order valence-corrected chi connectivity index (χ1v) is 12.1. The minimum atomic E-state index is -0.674. The minimum absolute atomic E-state index is 0.0220. The van der Waals surface area contributed by atoms with Gasteiger partial charge in [-0.05, 0) is 37.8 Å². The Kier molecular flexibility index (Phi) is 5.82. The van der Waals surface area contributed by atoms with Gasteiger partial charge in [0.15, 0.2) is 0 Å². The number of benzene rings is 1. The maximum Gasteiger partial charge on any atom is 0.261 e. The lowest BCUT2D eigenvalue weighted by atomic mass is 10.2. The van der Waals surface area contributed by atoms with E-state index in [1.165, 1.54) is 18.9 Å². The lowest BCUT2D eigenvalue weighted by Crippen LogP contribution is -2.21. The van der Waals surface area contributed by atoms with E-state index in [1.54, 1.807) is 17.8 Å². The van der Waals surface area contributed by atoms with Crippen LogP contribution in [0, 0.1) is 5.82 Å². The van der Waals surface area contributed by atoms with Gasteiger partial charge in [-0.1, -0.05) is 12.8 Å². The third kappa shape index (κ3) is 4.54. The van der Waals surface area contributed by atoms with E-state index in [-0.39, 0.29) is 5.39 Å². The molecule has 2 fully saturated rings. The monoisotopic (exact) mass is 409 g/mol. The molecular formula is C19H24FN3O2S2. The first-order chi connectivity index (χ1) is 13.1. The van der Waals surface area contributed by atoms with E-state index in [1.807, 2.05) is 0 Å². The number of anilines is 1. The number of halogens is 1. The van der Waals surface area contributed by atoms with E-state index >= 15 is 0 Å². The average molecular weight is 410 g/mol. The van der Waals surface area contributed by atoms with Crippen molar-refractivity contribution in [3.63, 3.8) is 0 Å². The molecule has 8 heteroatoms. The molecule has 2 heterocycles. The standard InChI is InChI=1S/C19H24FN3O2S2/c20-15-9-13(21-12-3-1-2-4-12)10-16-18(15)19(24)23-17(22-16)11-26-14-5-7-27(25)8-6-14/h9-10,12,14,21H,1-8,11H2,(H,22,23,24). The summed E-state index contributed by atoms with van der Waals surface area (Å²) in [5.74, 6) is 2.11. The molecule has 1 saturated heterocycles. The zero-order chi connectivity index (χ0) is 18.8. The largest absolute Gasteiger partial charge is 0.382 e. The van der Waals surface area contributed by atoms with Gasteiger partial charge < -0.3 is 10.3 Å². The van der Waals surface area contributed by atoms with E-state index in [0.717, 1.165) is 37.2 Å². The molecule has 1 aromatic carbocycles. The van der Waals surface area contributed by atoms with Crippen LogP contribution in [0.25, 0.3) is 10.9 Å². The van der Waals surface area contributed by atoms with Gasteiger partial charge in [0.25, 0.3) is 5.56 Å². The summed E-state index contributed by atoms with van der Waals surface area (Å²) in [6.07, 6.45) is 6.44. The highest BCUT2D eigenvalue weighted by molar-refractivity contribution is 7.99. The van der Waals surface area contributed by atoms with Crippen LogP contribution < -0.4 is 10.9 Å². The van der Waals surface area contributed by atoms with Crippen molar-refractivity contribution in [2.75, 3.05) is 16.8 Å². The number of aromatic nitrogens is 2. The predicted octanol–water partition coefficient (Wildman–Crippen LogP) is 3.56. The maximum absolute atomic E-state index is 14.5. The summed E-state index contributed by atoms with van der Waals surface area (Å²) in [6.45, 7) is 0. The molecule has 1 aliphatic heterocycles. The van der Waals surface area contributed by atoms with Crippen molar-refractivity contribution in [3.8, 4) is 0 Å². The summed E-state index contributed by atoms with van der Waals surface area (Å²) in [4.78, 5) is 19.6. The second-order valence-corrected chi connectivity index (χ2v) is 10.3. The Morgan fingerprint density at radius 2 is 1.96 bits per heavy atom. The summed E-state index contributed by atoms with van der Waals surface area (Å²) in [5, 5.41) is 3.84. The van der Waals surface area contributed by atoms with Gasteiger partial charge >= 0.3 is 0 Å². The van der Waals surface area contributed by atoms with Crippen molar-refractivity contribution in [2.24, 2.45) is 0 Å². The lowest BCUT2D eigenvalue weighted by molar-refractivity contribution is 0.637. The Balaban J connectivity index is 1.53. The van der Waals surface area contributed by atoms with Gasteiger partial charge in [-0.3, -0.25) is 9.00 Å². The summed E-state index contributed by atoms with van der Waals surface area (Å²) in [7, 11) is -0.674. The second-order valence-electron chi connectivity index (χ2n) is 7.35. The number of nitrogens with one attached hydrogen (secondary N) is 2. The fourth-order valence-corrected chi connectivity index (χ4v) is 6.56. The van der Waals surface area contributed by atoms with Crippen molar-refractivity contribution >= 4 is 39.2 Å². The molecule has 1 aliphatic carbocycles. The Morgan fingerprint density at radius 3 is 2.70 bits per heavy atom. The number of nitrogens with zero attached hydrogens (tertiary/aromatic N) is 1. The zero-order valence-corrected chi connectivity index (χ0v) is 16.8. The Labute approximate surface area is 164 Å². The smallest absolute Gasteiger partial charge is 0.261 e. The molecule has 0 radical (unpaired) electrons. The zero-order valence-electron chi connectivity index (χ0n) is 15.1. The SMILES string of the molecule is O=c1[nH]c(CSC2CCS(=O)CC2)nc2cc(NC3CCCC3)cc(F)c12. The van der Waals surface area contributed by atoms with Crippen LogP contribution in [0.1, 0.15) is 44.3 Å². The first-order valence-electron chi connectivity index (χ1n) is 9.54. The molecule has 0 bridgehead atoms. The maximum atomic E-state index is 14.5. The molecule has 2 N–H and O–H groups in total. The second kappa shape index (κ2) is 8.31. The molecular weight excluding hydrogens is 385 g/mol. The molecule has 27 heavy (non-hydrogen) atoms. The van der Waals surface area contributed by atoms with E-state index in [0.29, 0.717) is 34.1 Å². The number of H-pyrrole nitrogens is 1. The number of thioether (sulfide) groups is 1. The van der Waals surface area contributed by atoms with E-state index < -0.39 is 22.2 Å². The molecule has 0 amide bonds. The minimum Gasteiger partial charge on any atom is -0.382 e. The van der Waals surface area contributed by atoms with Crippen molar-refractivity contribution in [1.82, 2.24) is 9.97 Å². The van der Waals surface area contributed by atoms with Crippen LogP contribution in [0.5, 0.6) is 0 Å². The van der Waals surface area contributed by atoms with Crippen molar-refractivity contribution < 1.29 is 8.60 Å². The molecule has 5 nitrogen and oxygen atoms in total. The fraction of sp³-hybridized carbons (Fsp3) is 0.579. The molecule has 0 unspecified atom stereocenters. The summed E-state index contributed by atoms with van der Waals surface area (Å²) in [5.41, 5.74) is 0.670. The van der Waals surface area contributed by atoms with Crippen LogP contribution in [0.3, 0.4) is 0 Å². The number of rotatable bonds is 5. The third-order valence-electron chi connectivity index (χ3n) is 5.33. The first kappa shape index (κ1) is 18.9. The summed E-state index contributed by atoms with van der Waals surface area (Å²) < 4.78 is 26.0. The molecule has 1 aromatic heterocycles. The highest BCUT2D eigenvalue weighted by Crippen LogP contribution is 2.27. The highest BCUT2D eigenvalue weighted by Gasteiger charge is 2.20. The number of hydrogen-bond donors (Lipinski definition) is 2. The van der Waals surface area contributed by atoms with E-state index in [4.69, 9.17) is 0 Å². The number of hydrogen-bond acceptors (Lipinski definition) is 5. The topological polar surface area (TPSA) is 74.8 Å². The van der Waals surface area contributed by atoms with Crippen LogP contribution in [-0.4, -0.2) is 37.0 Å². The molecule has 2 aliphatic rings. The Hall–Kier alpha value is -1.41. The van der Waals surface area contributed by atoms with Gasteiger partial charge in [0.05, 0.1) is 11.3 Å². The number of fused-ring (bicyclic) bond motifs is 1. The highest BCUT2D eigenvalue weighted by atomic mass is 32.2. The molecule has 0 spiro atoms. The van der Waals surface area contributed by atoms with Gasteiger partial charge in [0, 0.05) is 39.3 Å². The van der Waals surface area contributed by atoms with Crippen molar-refractivity contribution in [2.45, 2.75) is 55.6 Å². The van der Waals surface area contributed by atoms with Gasteiger partial charge in [-0.2, -0.15) is 11.8 Å². The lowest BCUT2D eigenvalue weighted by Gasteiger charge is -2.20. The van der Waals surface area contributed by atoms with Crippen molar-refractivity contribution in [3.05, 3.63) is 34.1 Å². The molecule has 1 saturated carbocycles. The molecule has 4 rings (SSSR count). The van der Waals surface area contributed by atoms with Crippen LogP contribution in [0.2, 0.25) is 0 Å². The van der Waals surface area contributed by atoms with Gasteiger partial charge in [0.1, 0.15) is 17.0 Å². The van der Waals surface area contributed by atoms with Gasteiger partial charge in [-0.25, -0.2) is 9.37 Å². The van der Waals surface area contributed by atoms with Crippen LogP contribution >= 0.6 is 11.8 Å². The third-order valence-corrected chi connectivity index (χ3v) is 8.09. The van der Waals surface area contributed by atoms with Crippen LogP contribution in [0.4, 0.5) is 10.1 Å². The van der Waals surface area contributed by atoms with E-state index in [9.17, 15) is 13.4 Å². The number of aromatic amines is 1. The predicted molar refractivity (Wildman–Crippen MR) is 110 cm³/mol. The Bertz CT molecular complexity index is 902. The Morgan fingerprint density at radius 1 is 1.22 bits per heavy atom. The molecule has 0 atom stereocenters. The normalized spacial score (nSPS) is 23.7. The quantitative estimate of drug-likeness (QED) is 0.790. The summed E-state index contributed by atoms with van der Waals surface area (Å²) in [6, 6.07) is 3.55. The van der Waals surface area contributed by atoms with Crippen molar-refractivity contribution in [1.29, 1.82) is 0 Å². The van der Waals surface area contributed by atoms with Gasteiger partial charge in [0.2, 0.25) is 0 Å². The van der Waals surface area contributed by atoms with Crippen LogP contribution in [-0.2, 0) is 16.6 Å². The molecule has 2 aromatic rings. The van der Waals surface area contributed by atoms with Crippen LogP contribution in [0.15, 0.2) is 16.9 Å². The summed E-state index contributed by atoms with van der Waals surface area (Å²) >= 11 is 1.73. The van der Waals surface area contributed by atoms with E-state index in [2.05, 4.69) is 15.3 Å². The average Bonchev–Trinajstić information content (AvgIpc) is 3.13. The molecule has 146 valence electrons. The van der Waals surface area contributed by atoms with Gasteiger partial charge in [-0.15, -0.1) is 0 Å². The fourth-order valence-electron chi connectivity index (χ4n) is 3.87.